The zero-order valence-electron chi connectivity index (χ0n) is 15.6. The fourth-order valence-electron chi connectivity index (χ4n) is 3.17. The Morgan fingerprint density at radius 1 is 1.22 bits per heavy atom. The Bertz CT molecular complexity index is 979. The van der Waals surface area contributed by atoms with E-state index >= 15 is 0 Å². The zero-order valence-corrected chi connectivity index (χ0v) is 15.6. The summed E-state index contributed by atoms with van der Waals surface area (Å²) in [5.41, 5.74) is 0.520. The SMILES string of the molecule is COc1ccccc1CCNC(=O)CN1CNc2c1c(=O)n(C)c(=O)n2C. The first-order valence-electron chi connectivity index (χ1n) is 8.61. The first-order valence-corrected chi connectivity index (χ1v) is 8.61. The molecule has 0 radical (unpaired) electrons. The van der Waals surface area contributed by atoms with Gasteiger partial charge in [-0.05, 0) is 18.1 Å². The molecule has 0 spiro atoms. The van der Waals surface area contributed by atoms with E-state index in [1.165, 1.54) is 11.6 Å². The van der Waals surface area contributed by atoms with Gasteiger partial charge in [-0.25, -0.2) is 4.79 Å². The van der Waals surface area contributed by atoms with E-state index in [9.17, 15) is 14.4 Å². The Kier molecular flexibility index (Phi) is 5.20. The third-order valence-electron chi connectivity index (χ3n) is 4.64. The molecule has 3 rings (SSSR count). The Labute approximate surface area is 156 Å². The van der Waals surface area contributed by atoms with Gasteiger partial charge in [0.25, 0.3) is 5.56 Å². The van der Waals surface area contributed by atoms with Crippen LogP contribution in [0.4, 0.5) is 11.5 Å². The summed E-state index contributed by atoms with van der Waals surface area (Å²) in [5.74, 6) is 1.02. The number of fused-ring (bicyclic) bond motifs is 1. The quantitative estimate of drug-likeness (QED) is 0.718. The highest BCUT2D eigenvalue weighted by atomic mass is 16.5. The van der Waals surface area contributed by atoms with Gasteiger partial charge in [0, 0.05) is 20.6 Å². The second kappa shape index (κ2) is 7.56. The van der Waals surface area contributed by atoms with Crippen LogP contribution in [0.2, 0.25) is 0 Å². The molecule has 9 heteroatoms. The molecule has 2 N–H and O–H groups in total. The molecule has 1 aliphatic rings. The number of hydrogen-bond donors (Lipinski definition) is 2. The molecule has 27 heavy (non-hydrogen) atoms. The highest BCUT2D eigenvalue weighted by Gasteiger charge is 2.27. The molecule has 0 bridgehead atoms. The van der Waals surface area contributed by atoms with E-state index < -0.39 is 11.2 Å². The van der Waals surface area contributed by atoms with Crippen molar-refractivity contribution in [2.24, 2.45) is 14.1 Å². The van der Waals surface area contributed by atoms with E-state index in [4.69, 9.17) is 4.74 Å². The lowest BCUT2D eigenvalue weighted by molar-refractivity contribution is -0.119. The Balaban J connectivity index is 1.64. The summed E-state index contributed by atoms with van der Waals surface area (Å²) in [4.78, 5) is 38.3. The molecule has 0 saturated carbocycles. The maximum Gasteiger partial charge on any atom is 0.332 e. The number of aromatic nitrogens is 2. The van der Waals surface area contributed by atoms with Gasteiger partial charge in [0.1, 0.15) is 17.3 Å². The van der Waals surface area contributed by atoms with Crippen molar-refractivity contribution in [2.45, 2.75) is 6.42 Å². The highest BCUT2D eigenvalue weighted by molar-refractivity contribution is 5.84. The molecular weight excluding hydrogens is 350 g/mol. The molecule has 9 nitrogen and oxygen atoms in total. The van der Waals surface area contributed by atoms with Crippen molar-refractivity contribution in [2.75, 3.05) is 37.1 Å². The van der Waals surface area contributed by atoms with Crippen molar-refractivity contribution in [3.05, 3.63) is 50.7 Å². The predicted molar refractivity (Wildman–Crippen MR) is 102 cm³/mol. The fourth-order valence-corrected chi connectivity index (χ4v) is 3.17. The standard InChI is InChI=1S/C18H23N5O4/c1-21-16-15(17(25)22(2)18(21)26)23(11-20-16)10-14(24)19-9-8-12-6-4-5-7-13(12)27-3/h4-7,20H,8-11H2,1-3H3,(H,19,24). The number of nitrogens with zero attached hydrogens (tertiary/aromatic N) is 3. The number of carbonyl (C=O) groups is 1. The van der Waals surface area contributed by atoms with Crippen molar-refractivity contribution < 1.29 is 9.53 Å². The van der Waals surface area contributed by atoms with Crippen LogP contribution in [0.5, 0.6) is 5.75 Å². The molecule has 144 valence electrons. The molecule has 0 fully saturated rings. The maximum absolute atomic E-state index is 12.4. The van der Waals surface area contributed by atoms with E-state index in [1.807, 2.05) is 24.3 Å². The average molecular weight is 373 g/mol. The summed E-state index contributed by atoms with van der Waals surface area (Å²) in [5, 5.41) is 5.87. The van der Waals surface area contributed by atoms with E-state index in [0.717, 1.165) is 15.9 Å². The van der Waals surface area contributed by atoms with Crippen LogP contribution in [0, 0.1) is 0 Å². The summed E-state index contributed by atoms with van der Waals surface area (Å²) in [6.45, 7) is 0.778. The summed E-state index contributed by atoms with van der Waals surface area (Å²) in [7, 11) is 4.63. The van der Waals surface area contributed by atoms with Crippen LogP contribution >= 0.6 is 0 Å². The van der Waals surface area contributed by atoms with Crippen LogP contribution in [-0.4, -0.2) is 41.9 Å². The molecule has 0 unspecified atom stereocenters. The summed E-state index contributed by atoms with van der Waals surface area (Å²) in [6.07, 6.45) is 0.640. The van der Waals surface area contributed by atoms with Crippen molar-refractivity contribution in [3.8, 4) is 5.75 Å². The zero-order chi connectivity index (χ0) is 19.6. The van der Waals surface area contributed by atoms with Gasteiger partial charge in [-0.15, -0.1) is 0 Å². The van der Waals surface area contributed by atoms with E-state index in [1.54, 1.807) is 19.1 Å². The highest BCUT2D eigenvalue weighted by Crippen LogP contribution is 2.24. The van der Waals surface area contributed by atoms with Gasteiger partial charge in [0.2, 0.25) is 5.91 Å². The fraction of sp³-hybridized carbons (Fsp3) is 0.389. The number of methoxy groups -OCH3 is 1. The van der Waals surface area contributed by atoms with Crippen molar-refractivity contribution >= 4 is 17.4 Å². The Morgan fingerprint density at radius 3 is 2.70 bits per heavy atom. The molecule has 0 aliphatic carbocycles. The van der Waals surface area contributed by atoms with Gasteiger partial charge < -0.3 is 20.3 Å². The van der Waals surface area contributed by atoms with E-state index in [0.29, 0.717) is 31.1 Å². The van der Waals surface area contributed by atoms with Crippen LogP contribution < -0.4 is 31.5 Å². The third-order valence-corrected chi connectivity index (χ3v) is 4.64. The third kappa shape index (κ3) is 3.53. The van der Waals surface area contributed by atoms with Gasteiger partial charge in [-0.2, -0.15) is 0 Å². The Morgan fingerprint density at radius 2 is 1.96 bits per heavy atom. The summed E-state index contributed by atoms with van der Waals surface area (Å²) in [6, 6.07) is 7.65. The summed E-state index contributed by atoms with van der Waals surface area (Å²) >= 11 is 0. The largest absolute Gasteiger partial charge is 0.496 e. The molecule has 0 saturated heterocycles. The number of rotatable bonds is 6. The number of ether oxygens (including phenoxy) is 1. The van der Waals surface area contributed by atoms with Gasteiger partial charge >= 0.3 is 5.69 Å². The minimum absolute atomic E-state index is 0.0272. The topological polar surface area (TPSA) is 97.6 Å². The minimum atomic E-state index is -0.417. The molecule has 1 aromatic heterocycles. The van der Waals surface area contributed by atoms with E-state index in [2.05, 4.69) is 10.6 Å². The number of amides is 1. The predicted octanol–water partition coefficient (Wildman–Crippen LogP) is -0.359. The lowest BCUT2D eigenvalue weighted by atomic mass is 10.1. The van der Waals surface area contributed by atoms with Crippen molar-refractivity contribution in [1.82, 2.24) is 14.5 Å². The number of anilines is 2. The second-order valence-electron chi connectivity index (χ2n) is 6.35. The molecular formula is C18H23N5O4. The average Bonchev–Trinajstić information content (AvgIpc) is 3.08. The van der Waals surface area contributed by atoms with Crippen LogP contribution in [0.3, 0.4) is 0 Å². The molecule has 1 aliphatic heterocycles. The number of carbonyl (C=O) groups excluding carboxylic acids is 1. The van der Waals surface area contributed by atoms with Gasteiger partial charge in [-0.3, -0.25) is 18.7 Å². The molecule has 1 amide bonds. The minimum Gasteiger partial charge on any atom is -0.496 e. The first kappa shape index (κ1) is 18.6. The number of benzene rings is 1. The van der Waals surface area contributed by atoms with Crippen molar-refractivity contribution in [3.63, 3.8) is 0 Å². The normalized spacial score (nSPS) is 12.5. The molecule has 0 atom stereocenters. The number of para-hydroxylation sites is 1. The number of hydrogen-bond acceptors (Lipinski definition) is 6. The van der Waals surface area contributed by atoms with E-state index in [-0.39, 0.29) is 12.5 Å². The number of nitrogens with one attached hydrogen (secondary N) is 2. The lowest BCUT2D eigenvalue weighted by Gasteiger charge is -2.17. The van der Waals surface area contributed by atoms with Crippen LogP contribution in [0.25, 0.3) is 0 Å². The van der Waals surface area contributed by atoms with Gasteiger partial charge in [-0.1, -0.05) is 18.2 Å². The van der Waals surface area contributed by atoms with Gasteiger partial charge in [0.15, 0.2) is 0 Å². The maximum atomic E-state index is 12.4. The summed E-state index contributed by atoms with van der Waals surface area (Å²) < 4.78 is 7.71. The molecule has 1 aromatic carbocycles. The van der Waals surface area contributed by atoms with Crippen LogP contribution in [-0.2, 0) is 25.3 Å². The van der Waals surface area contributed by atoms with Crippen LogP contribution in [0.15, 0.2) is 33.9 Å². The van der Waals surface area contributed by atoms with Gasteiger partial charge in [0.05, 0.1) is 20.3 Å². The first-order chi connectivity index (χ1) is 12.9. The van der Waals surface area contributed by atoms with Crippen molar-refractivity contribution in [1.29, 1.82) is 0 Å². The van der Waals surface area contributed by atoms with Crippen LogP contribution in [0.1, 0.15) is 5.56 Å². The lowest BCUT2D eigenvalue weighted by Crippen LogP contribution is -2.42. The second-order valence-corrected chi connectivity index (χ2v) is 6.35. The monoisotopic (exact) mass is 373 g/mol. The molecule has 2 aromatic rings. The Hall–Kier alpha value is -3.23. The smallest absolute Gasteiger partial charge is 0.332 e. The molecule has 2 heterocycles.